The normalized spacial score (nSPS) is 17.9. The zero-order valence-corrected chi connectivity index (χ0v) is 10.2. The Bertz CT molecular complexity index is 518. The molecule has 0 bridgehead atoms. The standard InChI is InChI=1S/C12H13N3O4/c1-7-2-4-8(5-3-7)6-12(15-19)9(16)13-11(18)14-10(12)17/h2-5,15,19H,6H2,1H3,(H2,13,14,16,17,18). The predicted molar refractivity (Wildman–Crippen MR) is 64.2 cm³/mol. The van der Waals surface area contributed by atoms with Crippen molar-refractivity contribution in [2.75, 3.05) is 0 Å². The van der Waals surface area contributed by atoms with Gasteiger partial charge in [0.2, 0.25) is 5.54 Å². The van der Waals surface area contributed by atoms with Crippen LogP contribution in [0.25, 0.3) is 0 Å². The van der Waals surface area contributed by atoms with Crippen LogP contribution in [-0.4, -0.2) is 28.6 Å². The lowest BCUT2D eigenvalue weighted by atomic mass is 9.88. The van der Waals surface area contributed by atoms with Crippen molar-refractivity contribution in [1.82, 2.24) is 16.1 Å². The van der Waals surface area contributed by atoms with Crippen LogP contribution in [0.15, 0.2) is 24.3 Å². The molecular formula is C12H13N3O4. The van der Waals surface area contributed by atoms with Crippen molar-refractivity contribution < 1.29 is 19.6 Å². The van der Waals surface area contributed by atoms with E-state index in [-0.39, 0.29) is 6.42 Å². The molecule has 19 heavy (non-hydrogen) atoms. The van der Waals surface area contributed by atoms with Gasteiger partial charge in [-0.3, -0.25) is 20.2 Å². The van der Waals surface area contributed by atoms with E-state index in [0.717, 1.165) is 5.56 Å². The molecule has 0 radical (unpaired) electrons. The Kier molecular flexibility index (Phi) is 3.32. The van der Waals surface area contributed by atoms with Crippen molar-refractivity contribution in [3.63, 3.8) is 0 Å². The second-order valence-electron chi connectivity index (χ2n) is 4.42. The average molecular weight is 263 g/mol. The van der Waals surface area contributed by atoms with E-state index in [4.69, 9.17) is 0 Å². The number of imide groups is 2. The van der Waals surface area contributed by atoms with Gasteiger partial charge in [0, 0.05) is 6.42 Å². The molecule has 1 aliphatic rings. The van der Waals surface area contributed by atoms with Gasteiger partial charge < -0.3 is 5.21 Å². The Hall–Kier alpha value is -2.25. The smallest absolute Gasteiger partial charge is 0.315 e. The Balaban J connectivity index is 2.32. The molecule has 1 aromatic rings. The van der Waals surface area contributed by atoms with E-state index in [2.05, 4.69) is 0 Å². The van der Waals surface area contributed by atoms with Crippen molar-refractivity contribution in [3.05, 3.63) is 35.4 Å². The van der Waals surface area contributed by atoms with Gasteiger partial charge in [-0.05, 0) is 12.5 Å². The van der Waals surface area contributed by atoms with Gasteiger partial charge in [0.15, 0.2) is 0 Å². The van der Waals surface area contributed by atoms with Crippen LogP contribution in [0.2, 0.25) is 0 Å². The number of barbiturate groups is 1. The first-order valence-electron chi connectivity index (χ1n) is 5.61. The molecule has 1 aromatic carbocycles. The molecule has 1 aliphatic heterocycles. The third-order valence-corrected chi connectivity index (χ3v) is 3.01. The van der Waals surface area contributed by atoms with E-state index in [1.54, 1.807) is 17.6 Å². The molecular weight excluding hydrogens is 250 g/mol. The van der Waals surface area contributed by atoms with Crippen LogP contribution >= 0.6 is 0 Å². The number of hydrogen-bond acceptors (Lipinski definition) is 5. The molecule has 7 nitrogen and oxygen atoms in total. The largest absolute Gasteiger partial charge is 0.328 e. The molecule has 1 saturated heterocycles. The van der Waals surface area contributed by atoms with Crippen LogP contribution in [0, 0.1) is 6.92 Å². The van der Waals surface area contributed by atoms with Gasteiger partial charge in [-0.25, -0.2) is 4.79 Å². The van der Waals surface area contributed by atoms with Crippen LogP contribution in [0.1, 0.15) is 11.1 Å². The van der Waals surface area contributed by atoms with Gasteiger partial charge in [0.25, 0.3) is 11.8 Å². The highest BCUT2D eigenvalue weighted by Crippen LogP contribution is 2.17. The number of rotatable bonds is 3. The molecule has 1 fully saturated rings. The second-order valence-corrected chi connectivity index (χ2v) is 4.42. The maximum Gasteiger partial charge on any atom is 0.328 e. The van der Waals surface area contributed by atoms with E-state index in [0.29, 0.717) is 5.56 Å². The van der Waals surface area contributed by atoms with Crippen molar-refractivity contribution in [3.8, 4) is 0 Å². The maximum atomic E-state index is 11.8. The Morgan fingerprint density at radius 3 is 2.11 bits per heavy atom. The highest BCUT2D eigenvalue weighted by molar-refractivity contribution is 6.22. The number of carbonyl (C=O) groups excluding carboxylic acids is 3. The summed E-state index contributed by atoms with van der Waals surface area (Å²) >= 11 is 0. The zero-order valence-electron chi connectivity index (χ0n) is 10.2. The molecule has 0 spiro atoms. The molecule has 0 unspecified atom stereocenters. The minimum absolute atomic E-state index is 0.0747. The summed E-state index contributed by atoms with van der Waals surface area (Å²) in [6.45, 7) is 1.91. The summed E-state index contributed by atoms with van der Waals surface area (Å²) < 4.78 is 0. The number of hydroxylamine groups is 1. The van der Waals surface area contributed by atoms with Crippen LogP contribution < -0.4 is 16.1 Å². The molecule has 4 N–H and O–H groups in total. The SMILES string of the molecule is Cc1ccc(CC2(NO)C(=O)NC(=O)NC2=O)cc1. The summed E-state index contributed by atoms with van der Waals surface area (Å²) in [5.74, 6) is -1.77. The summed E-state index contributed by atoms with van der Waals surface area (Å²) in [6.07, 6.45) is -0.0747. The third-order valence-electron chi connectivity index (χ3n) is 3.01. The first-order chi connectivity index (χ1) is 8.98. The van der Waals surface area contributed by atoms with Crippen LogP contribution in [0.5, 0.6) is 0 Å². The Morgan fingerprint density at radius 1 is 1.11 bits per heavy atom. The third kappa shape index (κ3) is 2.33. The number of benzene rings is 1. The molecule has 2 rings (SSSR count). The molecule has 0 saturated carbocycles. The highest BCUT2D eigenvalue weighted by Gasteiger charge is 2.50. The quantitative estimate of drug-likeness (QED) is 0.439. The van der Waals surface area contributed by atoms with E-state index >= 15 is 0 Å². The van der Waals surface area contributed by atoms with Crippen molar-refractivity contribution in [1.29, 1.82) is 0 Å². The minimum Gasteiger partial charge on any atom is -0.315 e. The fourth-order valence-corrected chi connectivity index (χ4v) is 1.87. The summed E-state index contributed by atoms with van der Waals surface area (Å²) in [5.41, 5.74) is 1.53. The second kappa shape index (κ2) is 4.79. The number of carbonyl (C=O) groups is 3. The molecule has 0 aliphatic carbocycles. The molecule has 0 aromatic heterocycles. The van der Waals surface area contributed by atoms with Gasteiger partial charge in [0.05, 0.1) is 0 Å². The van der Waals surface area contributed by atoms with Crippen LogP contribution in [0.4, 0.5) is 4.79 Å². The van der Waals surface area contributed by atoms with Crippen molar-refractivity contribution >= 4 is 17.8 Å². The van der Waals surface area contributed by atoms with Crippen LogP contribution in [-0.2, 0) is 16.0 Å². The first kappa shape index (κ1) is 13.2. The number of hydrogen-bond donors (Lipinski definition) is 4. The molecule has 7 heteroatoms. The molecule has 0 atom stereocenters. The lowest BCUT2D eigenvalue weighted by Gasteiger charge is -2.32. The van der Waals surface area contributed by atoms with Gasteiger partial charge in [-0.15, -0.1) is 0 Å². The summed E-state index contributed by atoms with van der Waals surface area (Å²) in [7, 11) is 0. The van der Waals surface area contributed by atoms with Gasteiger partial charge in [0.1, 0.15) is 0 Å². The summed E-state index contributed by atoms with van der Waals surface area (Å²) in [6, 6.07) is 6.23. The van der Waals surface area contributed by atoms with Gasteiger partial charge >= 0.3 is 6.03 Å². The monoisotopic (exact) mass is 263 g/mol. The molecule has 1 heterocycles. The number of urea groups is 1. The van der Waals surface area contributed by atoms with Gasteiger partial charge in [-0.1, -0.05) is 29.8 Å². The van der Waals surface area contributed by atoms with E-state index in [9.17, 15) is 19.6 Å². The lowest BCUT2D eigenvalue weighted by molar-refractivity contribution is -0.145. The van der Waals surface area contributed by atoms with E-state index in [1.165, 1.54) is 0 Å². The first-order valence-corrected chi connectivity index (χ1v) is 5.61. The average Bonchev–Trinajstić information content (AvgIpc) is 2.36. The minimum atomic E-state index is -1.90. The number of aryl methyl sites for hydroxylation is 1. The number of amides is 4. The lowest BCUT2D eigenvalue weighted by Crippen LogP contribution is -2.72. The Morgan fingerprint density at radius 2 is 1.63 bits per heavy atom. The Labute approximate surface area is 108 Å². The zero-order chi connectivity index (χ0) is 14.0. The predicted octanol–water partition coefficient (Wildman–Crippen LogP) is -0.379. The highest BCUT2D eigenvalue weighted by atomic mass is 16.5. The number of nitrogens with one attached hydrogen (secondary N) is 3. The topological polar surface area (TPSA) is 108 Å². The summed E-state index contributed by atoms with van der Waals surface area (Å²) in [4.78, 5) is 34.7. The van der Waals surface area contributed by atoms with Crippen molar-refractivity contribution in [2.24, 2.45) is 0 Å². The molecule has 4 amide bonds. The molecule has 100 valence electrons. The van der Waals surface area contributed by atoms with Crippen molar-refractivity contribution in [2.45, 2.75) is 18.9 Å². The van der Waals surface area contributed by atoms with Crippen LogP contribution in [0.3, 0.4) is 0 Å². The van der Waals surface area contributed by atoms with E-state index in [1.807, 2.05) is 29.7 Å². The maximum absolute atomic E-state index is 11.8. The van der Waals surface area contributed by atoms with Gasteiger partial charge in [-0.2, -0.15) is 5.48 Å². The fourth-order valence-electron chi connectivity index (χ4n) is 1.87. The van der Waals surface area contributed by atoms with E-state index < -0.39 is 23.4 Å². The summed E-state index contributed by atoms with van der Waals surface area (Å²) in [5, 5.41) is 13.1. The fraction of sp³-hybridized carbons (Fsp3) is 0.250.